The number of thiophene rings is 1. The summed E-state index contributed by atoms with van der Waals surface area (Å²) in [6.07, 6.45) is 6.42. The summed E-state index contributed by atoms with van der Waals surface area (Å²) in [4.78, 5) is 23.0. The zero-order valence-corrected chi connectivity index (χ0v) is 14.5. The van der Waals surface area contributed by atoms with Crippen molar-refractivity contribution >= 4 is 17.2 Å². The van der Waals surface area contributed by atoms with Crippen molar-refractivity contribution in [1.82, 2.24) is 20.0 Å². The van der Waals surface area contributed by atoms with Gasteiger partial charge in [-0.2, -0.15) is 16.3 Å². The Kier molecular flexibility index (Phi) is 4.56. The third kappa shape index (κ3) is 3.93. The molecule has 1 saturated carbocycles. The molecular weight excluding hydrogens is 336 g/mol. The van der Waals surface area contributed by atoms with Gasteiger partial charge < -0.3 is 9.42 Å². The van der Waals surface area contributed by atoms with Crippen molar-refractivity contribution in [3.8, 4) is 11.4 Å². The number of amides is 1. The first-order valence-corrected chi connectivity index (χ1v) is 9.27. The van der Waals surface area contributed by atoms with Gasteiger partial charge in [-0.25, -0.2) is 0 Å². The van der Waals surface area contributed by atoms with E-state index in [4.69, 9.17) is 4.52 Å². The highest BCUT2D eigenvalue weighted by Gasteiger charge is 2.32. The van der Waals surface area contributed by atoms with Crippen LogP contribution in [-0.2, 0) is 17.8 Å². The predicted molar refractivity (Wildman–Crippen MR) is 93.7 cm³/mol. The molecular formula is C18H18N4O2S. The van der Waals surface area contributed by atoms with Gasteiger partial charge in [0.05, 0.1) is 0 Å². The number of rotatable bonds is 7. The van der Waals surface area contributed by atoms with E-state index < -0.39 is 0 Å². The van der Waals surface area contributed by atoms with Crippen molar-refractivity contribution in [2.24, 2.45) is 0 Å². The fourth-order valence-corrected chi connectivity index (χ4v) is 3.38. The number of carbonyl (C=O) groups excluding carboxylic acids is 1. The van der Waals surface area contributed by atoms with Crippen LogP contribution in [0.3, 0.4) is 0 Å². The highest BCUT2D eigenvalue weighted by atomic mass is 32.1. The van der Waals surface area contributed by atoms with E-state index in [0.717, 1.165) is 18.4 Å². The van der Waals surface area contributed by atoms with Crippen molar-refractivity contribution in [3.63, 3.8) is 0 Å². The molecule has 0 radical (unpaired) electrons. The number of hydrogen-bond donors (Lipinski definition) is 0. The van der Waals surface area contributed by atoms with Gasteiger partial charge in [-0.1, -0.05) is 5.16 Å². The molecule has 3 heterocycles. The summed E-state index contributed by atoms with van der Waals surface area (Å²) in [5.74, 6) is 1.17. The first kappa shape index (κ1) is 16.0. The van der Waals surface area contributed by atoms with E-state index in [1.165, 1.54) is 5.56 Å². The maximum atomic E-state index is 12.6. The lowest BCUT2D eigenvalue weighted by atomic mass is 10.2. The van der Waals surface area contributed by atoms with Crippen LogP contribution >= 0.6 is 11.3 Å². The van der Waals surface area contributed by atoms with Crippen LogP contribution in [-0.4, -0.2) is 32.0 Å². The summed E-state index contributed by atoms with van der Waals surface area (Å²) in [7, 11) is 0. The van der Waals surface area contributed by atoms with Gasteiger partial charge in [0.2, 0.25) is 17.6 Å². The number of carbonyl (C=O) groups is 1. The van der Waals surface area contributed by atoms with E-state index >= 15 is 0 Å². The van der Waals surface area contributed by atoms with E-state index in [-0.39, 0.29) is 5.91 Å². The lowest BCUT2D eigenvalue weighted by Crippen LogP contribution is -2.32. The van der Waals surface area contributed by atoms with Gasteiger partial charge in [0.25, 0.3) is 0 Å². The van der Waals surface area contributed by atoms with Gasteiger partial charge >= 0.3 is 0 Å². The molecule has 1 aliphatic rings. The number of aryl methyl sites for hydroxylation is 1. The standard InChI is InChI=1S/C18H18N4O2S/c23-17(22(15-1-2-15)11-13-7-10-25-12-13)4-3-16-20-18(21-24-16)14-5-8-19-9-6-14/h5-10,12,15H,1-4,11H2. The Hall–Kier alpha value is -2.54. The molecule has 3 aromatic heterocycles. The lowest BCUT2D eigenvalue weighted by molar-refractivity contribution is -0.132. The van der Waals surface area contributed by atoms with Crippen LogP contribution < -0.4 is 0 Å². The van der Waals surface area contributed by atoms with Crippen LogP contribution in [0.2, 0.25) is 0 Å². The van der Waals surface area contributed by atoms with Gasteiger partial charge in [-0.05, 0) is 47.4 Å². The molecule has 4 rings (SSSR count). The predicted octanol–water partition coefficient (Wildman–Crippen LogP) is 3.32. The maximum Gasteiger partial charge on any atom is 0.227 e. The molecule has 6 nitrogen and oxygen atoms in total. The van der Waals surface area contributed by atoms with E-state index in [2.05, 4.69) is 26.6 Å². The minimum Gasteiger partial charge on any atom is -0.339 e. The molecule has 0 saturated heterocycles. The summed E-state index contributed by atoms with van der Waals surface area (Å²) in [5, 5.41) is 8.12. The molecule has 3 aromatic rings. The van der Waals surface area contributed by atoms with Crippen molar-refractivity contribution in [1.29, 1.82) is 0 Å². The lowest BCUT2D eigenvalue weighted by Gasteiger charge is -2.21. The molecule has 0 spiro atoms. The largest absolute Gasteiger partial charge is 0.339 e. The summed E-state index contributed by atoms with van der Waals surface area (Å²) >= 11 is 1.66. The Labute approximate surface area is 149 Å². The average Bonchev–Trinajstić information content (AvgIpc) is 3.16. The monoisotopic (exact) mass is 354 g/mol. The summed E-state index contributed by atoms with van der Waals surface area (Å²) < 4.78 is 5.28. The molecule has 128 valence electrons. The van der Waals surface area contributed by atoms with Crippen LogP contribution in [0.15, 0.2) is 45.9 Å². The average molecular weight is 354 g/mol. The molecule has 1 amide bonds. The van der Waals surface area contributed by atoms with Gasteiger partial charge in [-0.3, -0.25) is 9.78 Å². The molecule has 0 unspecified atom stereocenters. The number of pyridine rings is 1. The van der Waals surface area contributed by atoms with Gasteiger partial charge in [0, 0.05) is 43.4 Å². The summed E-state index contributed by atoms with van der Waals surface area (Å²) in [5.41, 5.74) is 2.05. The topological polar surface area (TPSA) is 72.1 Å². The number of nitrogens with zero attached hydrogens (tertiary/aromatic N) is 4. The molecule has 0 bridgehead atoms. The van der Waals surface area contributed by atoms with E-state index in [0.29, 0.717) is 37.1 Å². The van der Waals surface area contributed by atoms with Crippen molar-refractivity contribution in [2.75, 3.05) is 0 Å². The molecule has 1 fully saturated rings. The van der Waals surface area contributed by atoms with Gasteiger partial charge in [0.1, 0.15) is 0 Å². The first-order chi connectivity index (χ1) is 12.3. The van der Waals surface area contributed by atoms with Crippen LogP contribution in [0, 0.1) is 0 Å². The Morgan fingerprint density at radius 3 is 2.84 bits per heavy atom. The third-order valence-corrected chi connectivity index (χ3v) is 4.93. The summed E-state index contributed by atoms with van der Waals surface area (Å²) in [6.45, 7) is 0.694. The van der Waals surface area contributed by atoms with E-state index in [9.17, 15) is 4.79 Å². The second kappa shape index (κ2) is 7.14. The van der Waals surface area contributed by atoms with Crippen molar-refractivity contribution in [2.45, 2.75) is 38.3 Å². The second-order valence-electron chi connectivity index (χ2n) is 6.13. The Balaban J connectivity index is 1.37. The van der Waals surface area contributed by atoms with Crippen molar-refractivity contribution < 1.29 is 9.32 Å². The molecule has 0 N–H and O–H groups in total. The Morgan fingerprint density at radius 1 is 1.28 bits per heavy atom. The first-order valence-electron chi connectivity index (χ1n) is 8.33. The normalized spacial score (nSPS) is 13.8. The van der Waals surface area contributed by atoms with Crippen LogP contribution in [0.1, 0.15) is 30.7 Å². The van der Waals surface area contributed by atoms with Crippen LogP contribution in [0.4, 0.5) is 0 Å². The SMILES string of the molecule is O=C(CCc1nc(-c2ccncc2)no1)N(Cc1ccsc1)C1CC1. The second-order valence-corrected chi connectivity index (χ2v) is 6.91. The van der Waals surface area contributed by atoms with E-state index in [1.807, 2.05) is 22.4 Å². The number of aromatic nitrogens is 3. The highest BCUT2D eigenvalue weighted by molar-refractivity contribution is 7.07. The maximum absolute atomic E-state index is 12.6. The molecule has 25 heavy (non-hydrogen) atoms. The fourth-order valence-electron chi connectivity index (χ4n) is 2.72. The smallest absolute Gasteiger partial charge is 0.227 e. The Bertz CT molecular complexity index is 828. The van der Waals surface area contributed by atoms with E-state index in [1.54, 1.807) is 23.7 Å². The minimum atomic E-state index is 0.150. The molecule has 7 heteroatoms. The fraction of sp³-hybridized carbons (Fsp3) is 0.333. The van der Waals surface area contributed by atoms with Crippen LogP contribution in [0.25, 0.3) is 11.4 Å². The molecule has 1 aliphatic carbocycles. The summed E-state index contributed by atoms with van der Waals surface area (Å²) in [6, 6.07) is 6.12. The molecule has 0 aromatic carbocycles. The zero-order chi connectivity index (χ0) is 17.1. The molecule has 0 aliphatic heterocycles. The van der Waals surface area contributed by atoms with Crippen molar-refractivity contribution in [3.05, 3.63) is 52.8 Å². The quantitative estimate of drug-likeness (QED) is 0.651. The van der Waals surface area contributed by atoms with Gasteiger partial charge in [0.15, 0.2) is 0 Å². The highest BCUT2D eigenvalue weighted by Crippen LogP contribution is 2.29. The van der Waals surface area contributed by atoms with Gasteiger partial charge in [-0.15, -0.1) is 0 Å². The third-order valence-electron chi connectivity index (χ3n) is 4.20. The zero-order valence-electron chi connectivity index (χ0n) is 13.7. The number of hydrogen-bond acceptors (Lipinski definition) is 6. The minimum absolute atomic E-state index is 0.150. The Morgan fingerprint density at radius 2 is 2.12 bits per heavy atom. The van der Waals surface area contributed by atoms with Crippen LogP contribution in [0.5, 0.6) is 0 Å². The molecule has 0 atom stereocenters.